The third-order valence-electron chi connectivity index (χ3n) is 3.14. The Labute approximate surface area is 144 Å². The van der Waals surface area contributed by atoms with E-state index in [0.717, 1.165) is 10.9 Å². The summed E-state index contributed by atoms with van der Waals surface area (Å²) in [6.45, 7) is 7.24. The van der Waals surface area contributed by atoms with Gasteiger partial charge in [0.2, 0.25) is 10.0 Å². The van der Waals surface area contributed by atoms with Crippen molar-refractivity contribution in [2.45, 2.75) is 32.1 Å². The summed E-state index contributed by atoms with van der Waals surface area (Å²) in [7, 11) is -3.54. The van der Waals surface area contributed by atoms with Crippen LogP contribution in [0.4, 0.5) is 0 Å². The van der Waals surface area contributed by atoms with Gasteiger partial charge in [-0.15, -0.1) is 0 Å². The summed E-state index contributed by atoms with van der Waals surface area (Å²) in [5.41, 5.74) is 5.49. The highest BCUT2D eigenvalue weighted by Crippen LogP contribution is 2.29. The average molecular weight is 442 g/mol. The van der Waals surface area contributed by atoms with Crippen LogP contribution in [0.2, 0.25) is 0 Å². The van der Waals surface area contributed by atoms with Crippen LogP contribution in [0.1, 0.15) is 27.2 Å². The number of sulfonamides is 1. The average Bonchev–Trinajstić information content (AvgIpc) is 2.37. The second-order valence-corrected chi connectivity index (χ2v) is 9.46. The van der Waals surface area contributed by atoms with Gasteiger partial charge < -0.3 is 5.73 Å². The molecule has 0 saturated heterocycles. The molecular formula is C14H22Br2N2O2S. The van der Waals surface area contributed by atoms with Gasteiger partial charge >= 0.3 is 0 Å². The van der Waals surface area contributed by atoms with Crippen molar-refractivity contribution in [2.75, 3.05) is 19.6 Å². The molecule has 0 atom stereocenters. The van der Waals surface area contributed by atoms with Gasteiger partial charge in [-0.1, -0.05) is 36.7 Å². The molecule has 1 aromatic carbocycles. The third kappa shape index (κ3) is 5.03. The first-order chi connectivity index (χ1) is 9.64. The van der Waals surface area contributed by atoms with E-state index in [2.05, 4.69) is 31.9 Å². The van der Waals surface area contributed by atoms with E-state index in [4.69, 9.17) is 5.73 Å². The highest BCUT2D eigenvalue weighted by atomic mass is 79.9. The maximum Gasteiger partial charge on any atom is 0.244 e. The van der Waals surface area contributed by atoms with Crippen LogP contribution in [0.15, 0.2) is 32.0 Å². The molecule has 21 heavy (non-hydrogen) atoms. The van der Waals surface area contributed by atoms with Crippen LogP contribution in [0.5, 0.6) is 0 Å². The molecule has 0 bridgehead atoms. The molecule has 0 aromatic heterocycles. The summed E-state index contributed by atoms with van der Waals surface area (Å²) >= 11 is 6.67. The van der Waals surface area contributed by atoms with Crippen LogP contribution in [-0.4, -0.2) is 32.4 Å². The van der Waals surface area contributed by atoms with E-state index < -0.39 is 10.0 Å². The highest BCUT2D eigenvalue weighted by Gasteiger charge is 2.30. The van der Waals surface area contributed by atoms with E-state index in [0.29, 0.717) is 24.1 Å². The Morgan fingerprint density at radius 1 is 1.29 bits per heavy atom. The van der Waals surface area contributed by atoms with Crippen molar-refractivity contribution in [2.24, 2.45) is 11.1 Å². The van der Waals surface area contributed by atoms with E-state index >= 15 is 0 Å². The summed E-state index contributed by atoms with van der Waals surface area (Å²) in [6, 6.07) is 5.09. The number of halogens is 2. The van der Waals surface area contributed by atoms with E-state index in [9.17, 15) is 8.42 Å². The van der Waals surface area contributed by atoms with Gasteiger partial charge in [0.1, 0.15) is 0 Å². The zero-order valence-corrected chi connectivity index (χ0v) is 16.6. The lowest BCUT2D eigenvalue weighted by atomic mass is 9.94. The molecule has 1 rings (SSSR count). The Hall–Kier alpha value is 0.0500. The summed E-state index contributed by atoms with van der Waals surface area (Å²) in [4.78, 5) is 0.284. The number of nitrogens with two attached hydrogens (primary N) is 1. The maximum atomic E-state index is 12.9. The Morgan fingerprint density at radius 2 is 1.90 bits per heavy atom. The van der Waals surface area contributed by atoms with Crippen LogP contribution >= 0.6 is 31.9 Å². The van der Waals surface area contributed by atoms with Gasteiger partial charge in [0, 0.05) is 22.0 Å². The highest BCUT2D eigenvalue weighted by molar-refractivity contribution is 9.11. The summed E-state index contributed by atoms with van der Waals surface area (Å²) in [5.74, 6) is 0. The van der Waals surface area contributed by atoms with Crippen LogP contribution < -0.4 is 5.73 Å². The predicted molar refractivity (Wildman–Crippen MR) is 93.7 cm³/mol. The normalized spacial score (nSPS) is 12.9. The van der Waals surface area contributed by atoms with Crippen LogP contribution in [0.25, 0.3) is 0 Å². The van der Waals surface area contributed by atoms with Crippen molar-refractivity contribution in [1.82, 2.24) is 4.31 Å². The molecule has 0 saturated carbocycles. The molecule has 0 aliphatic heterocycles. The first-order valence-corrected chi connectivity index (χ1v) is 9.82. The minimum atomic E-state index is -3.54. The fourth-order valence-electron chi connectivity index (χ4n) is 1.90. The first-order valence-electron chi connectivity index (χ1n) is 6.79. The van der Waals surface area contributed by atoms with Gasteiger partial charge in [0.25, 0.3) is 0 Å². The lowest BCUT2D eigenvalue weighted by Gasteiger charge is -2.31. The molecule has 0 spiro atoms. The molecule has 1 aromatic rings. The predicted octanol–water partition coefficient (Wildman–Crippen LogP) is 3.60. The van der Waals surface area contributed by atoms with E-state index in [1.807, 2.05) is 20.8 Å². The molecule has 4 nitrogen and oxygen atoms in total. The minimum Gasteiger partial charge on any atom is -0.330 e. The summed E-state index contributed by atoms with van der Waals surface area (Å²) in [5, 5.41) is 0. The SMILES string of the molecule is CCCN(CC(C)(C)CN)S(=O)(=O)c1ccc(Br)cc1Br. The monoisotopic (exact) mass is 440 g/mol. The molecule has 0 amide bonds. The Morgan fingerprint density at radius 3 is 2.38 bits per heavy atom. The molecule has 7 heteroatoms. The van der Waals surface area contributed by atoms with Crippen molar-refractivity contribution in [3.05, 3.63) is 27.1 Å². The molecule has 0 fully saturated rings. The first kappa shape index (κ1) is 19.1. The number of nitrogens with zero attached hydrogens (tertiary/aromatic N) is 1. The van der Waals surface area contributed by atoms with E-state index in [1.54, 1.807) is 18.2 Å². The van der Waals surface area contributed by atoms with Crippen molar-refractivity contribution in [3.63, 3.8) is 0 Å². The molecule has 2 N–H and O–H groups in total. The van der Waals surface area contributed by atoms with Crippen LogP contribution in [0, 0.1) is 5.41 Å². The molecule has 0 unspecified atom stereocenters. The fourth-order valence-corrected chi connectivity index (χ4v) is 5.33. The topological polar surface area (TPSA) is 63.4 Å². The lowest BCUT2D eigenvalue weighted by molar-refractivity contribution is 0.266. The van der Waals surface area contributed by atoms with Gasteiger partial charge in [-0.2, -0.15) is 4.31 Å². The maximum absolute atomic E-state index is 12.9. The Balaban J connectivity index is 3.21. The smallest absolute Gasteiger partial charge is 0.244 e. The van der Waals surface area contributed by atoms with Gasteiger partial charge in [-0.25, -0.2) is 8.42 Å². The standard InChI is InChI=1S/C14H22Br2N2O2S/c1-4-7-18(10-14(2,3)9-17)21(19,20)13-6-5-11(15)8-12(13)16/h5-6,8H,4,7,9-10,17H2,1-3H3. The quantitative estimate of drug-likeness (QED) is 0.702. The molecule has 0 aliphatic rings. The Kier molecular flexibility index (Phi) is 6.86. The second-order valence-electron chi connectivity index (χ2n) is 5.78. The number of hydrogen-bond acceptors (Lipinski definition) is 3. The Bertz CT molecular complexity index is 589. The van der Waals surface area contributed by atoms with Gasteiger partial charge in [0.05, 0.1) is 4.90 Å². The number of hydrogen-bond donors (Lipinski definition) is 1. The molecular weight excluding hydrogens is 420 g/mol. The lowest BCUT2D eigenvalue weighted by Crippen LogP contribution is -2.42. The zero-order valence-electron chi connectivity index (χ0n) is 12.6. The third-order valence-corrected chi connectivity index (χ3v) is 6.46. The number of benzene rings is 1. The minimum absolute atomic E-state index is 0.260. The summed E-state index contributed by atoms with van der Waals surface area (Å²) in [6.07, 6.45) is 0.758. The summed E-state index contributed by atoms with van der Waals surface area (Å²) < 4.78 is 28.7. The fraction of sp³-hybridized carbons (Fsp3) is 0.571. The molecule has 0 radical (unpaired) electrons. The van der Waals surface area contributed by atoms with Crippen molar-refractivity contribution in [3.8, 4) is 0 Å². The van der Waals surface area contributed by atoms with Crippen molar-refractivity contribution in [1.29, 1.82) is 0 Å². The molecule has 0 aliphatic carbocycles. The van der Waals surface area contributed by atoms with E-state index in [1.165, 1.54) is 4.31 Å². The van der Waals surface area contributed by atoms with Crippen molar-refractivity contribution < 1.29 is 8.42 Å². The zero-order chi connectivity index (χ0) is 16.3. The van der Waals surface area contributed by atoms with Gasteiger partial charge in [-0.05, 0) is 52.5 Å². The van der Waals surface area contributed by atoms with E-state index in [-0.39, 0.29) is 10.3 Å². The van der Waals surface area contributed by atoms with Crippen LogP contribution in [-0.2, 0) is 10.0 Å². The van der Waals surface area contributed by atoms with Crippen molar-refractivity contribution >= 4 is 41.9 Å². The van der Waals surface area contributed by atoms with Gasteiger partial charge in [0.15, 0.2) is 0 Å². The second kappa shape index (κ2) is 7.55. The molecule has 120 valence electrons. The van der Waals surface area contributed by atoms with Gasteiger partial charge in [-0.3, -0.25) is 0 Å². The molecule has 0 heterocycles. The van der Waals surface area contributed by atoms with Crippen LogP contribution in [0.3, 0.4) is 0 Å². The largest absolute Gasteiger partial charge is 0.330 e. The number of rotatable bonds is 7.